The predicted octanol–water partition coefficient (Wildman–Crippen LogP) is 1.71. The highest BCUT2D eigenvalue weighted by Crippen LogP contribution is 2.46. The molecule has 5 nitrogen and oxygen atoms in total. The van der Waals surface area contributed by atoms with E-state index in [2.05, 4.69) is 5.32 Å². The summed E-state index contributed by atoms with van der Waals surface area (Å²) in [5, 5.41) is 12.1. The number of carboxylic acid groups (broad SMARTS) is 1. The van der Waals surface area contributed by atoms with Crippen LogP contribution in [0.3, 0.4) is 0 Å². The van der Waals surface area contributed by atoms with Crippen molar-refractivity contribution in [2.45, 2.75) is 63.0 Å². The molecule has 20 heavy (non-hydrogen) atoms. The molecule has 0 aromatic rings. The smallest absolute Gasteiger partial charge is 0.306 e. The first-order valence-corrected chi connectivity index (χ1v) is 7.72. The Hall–Kier alpha value is -1.10. The van der Waals surface area contributed by atoms with Crippen molar-refractivity contribution in [3.8, 4) is 0 Å². The molecule has 3 fully saturated rings. The predicted molar refractivity (Wildman–Crippen MR) is 72.2 cm³/mol. The summed E-state index contributed by atoms with van der Waals surface area (Å²) >= 11 is 0. The van der Waals surface area contributed by atoms with Crippen LogP contribution in [0, 0.1) is 11.8 Å². The zero-order chi connectivity index (χ0) is 14.2. The Labute approximate surface area is 119 Å². The molecule has 2 saturated carbocycles. The number of ether oxygens (including phenoxy) is 1. The number of hydrogen-bond acceptors (Lipinski definition) is 3. The van der Waals surface area contributed by atoms with Crippen LogP contribution in [-0.4, -0.2) is 35.2 Å². The zero-order valence-corrected chi connectivity index (χ0v) is 11.8. The molecular formula is C15H23NO4. The van der Waals surface area contributed by atoms with Gasteiger partial charge in [0.2, 0.25) is 5.91 Å². The molecule has 1 saturated heterocycles. The van der Waals surface area contributed by atoms with Gasteiger partial charge in [-0.25, -0.2) is 0 Å². The van der Waals surface area contributed by atoms with Crippen LogP contribution >= 0.6 is 0 Å². The second-order valence-corrected chi connectivity index (χ2v) is 6.71. The minimum atomic E-state index is -0.727. The molecule has 1 amide bonds. The lowest BCUT2D eigenvalue weighted by Gasteiger charge is -2.50. The summed E-state index contributed by atoms with van der Waals surface area (Å²) in [5.74, 6) is -0.0630. The normalized spacial score (nSPS) is 36.4. The number of nitrogens with one attached hydrogen (secondary N) is 1. The van der Waals surface area contributed by atoms with Crippen LogP contribution in [0.2, 0.25) is 0 Å². The fourth-order valence-electron chi connectivity index (χ4n) is 3.49. The van der Waals surface area contributed by atoms with Crippen molar-refractivity contribution in [1.82, 2.24) is 5.32 Å². The highest BCUT2D eigenvalue weighted by Gasteiger charge is 2.51. The summed E-state index contributed by atoms with van der Waals surface area (Å²) in [4.78, 5) is 22.8. The maximum Gasteiger partial charge on any atom is 0.306 e. The molecule has 0 bridgehead atoms. The summed E-state index contributed by atoms with van der Waals surface area (Å²) in [6, 6.07) is 0.158. The number of hydrogen-bond donors (Lipinski definition) is 2. The Balaban J connectivity index is 1.43. The van der Waals surface area contributed by atoms with Crippen LogP contribution in [0.1, 0.15) is 51.4 Å². The monoisotopic (exact) mass is 281 g/mol. The van der Waals surface area contributed by atoms with E-state index >= 15 is 0 Å². The number of rotatable bonds is 5. The van der Waals surface area contributed by atoms with Gasteiger partial charge in [0.25, 0.3) is 0 Å². The molecule has 2 aliphatic carbocycles. The van der Waals surface area contributed by atoms with E-state index in [1.165, 1.54) is 12.8 Å². The highest BCUT2D eigenvalue weighted by molar-refractivity contribution is 5.76. The molecule has 1 heterocycles. The molecule has 3 aliphatic rings. The van der Waals surface area contributed by atoms with E-state index in [0.29, 0.717) is 25.9 Å². The Bertz CT molecular complexity index is 399. The molecule has 1 unspecified atom stereocenters. The Morgan fingerprint density at radius 2 is 1.95 bits per heavy atom. The van der Waals surface area contributed by atoms with E-state index in [1.54, 1.807) is 0 Å². The minimum absolute atomic E-state index is 0.146. The van der Waals surface area contributed by atoms with Gasteiger partial charge in [-0.15, -0.1) is 0 Å². The first-order chi connectivity index (χ1) is 9.56. The van der Waals surface area contributed by atoms with Crippen LogP contribution < -0.4 is 5.32 Å². The van der Waals surface area contributed by atoms with E-state index in [-0.39, 0.29) is 23.5 Å². The third-order valence-electron chi connectivity index (χ3n) is 4.92. The van der Waals surface area contributed by atoms with Crippen LogP contribution in [0.5, 0.6) is 0 Å². The first-order valence-electron chi connectivity index (χ1n) is 7.72. The van der Waals surface area contributed by atoms with Crippen LogP contribution in [0.25, 0.3) is 0 Å². The van der Waals surface area contributed by atoms with Crippen molar-refractivity contribution < 1.29 is 19.4 Å². The Morgan fingerprint density at radius 1 is 1.20 bits per heavy atom. The van der Waals surface area contributed by atoms with Gasteiger partial charge in [-0.1, -0.05) is 12.8 Å². The lowest BCUT2D eigenvalue weighted by atomic mass is 9.66. The molecule has 1 spiro atoms. The molecule has 0 radical (unpaired) electrons. The summed E-state index contributed by atoms with van der Waals surface area (Å²) in [6.45, 7) is 0.625. The average molecular weight is 281 g/mol. The molecule has 3 rings (SSSR count). The summed E-state index contributed by atoms with van der Waals surface area (Å²) in [6.07, 6.45) is 7.01. The van der Waals surface area contributed by atoms with Crippen molar-refractivity contribution in [1.29, 1.82) is 0 Å². The molecule has 1 atom stereocenters. The minimum Gasteiger partial charge on any atom is -0.481 e. The SMILES string of the molecule is O=C(CCC1CC1)NC1CCOC2(C1)CC(C(=O)O)C2. The standard InChI is InChI=1S/C15H23NO4/c17-13(4-3-10-1-2-10)16-12-5-6-20-15(9-12)7-11(8-15)14(18)19/h10-12H,1-9H2,(H,16,17)(H,18,19). The largest absolute Gasteiger partial charge is 0.481 e. The van der Waals surface area contributed by atoms with Crippen molar-refractivity contribution in [2.75, 3.05) is 6.61 Å². The lowest BCUT2D eigenvalue weighted by molar-refractivity contribution is -0.182. The fourth-order valence-corrected chi connectivity index (χ4v) is 3.49. The molecule has 0 aromatic heterocycles. The summed E-state index contributed by atoms with van der Waals surface area (Å²) in [7, 11) is 0. The van der Waals surface area contributed by atoms with Gasteiger partial charge in [-0.2, -0.15) is 0 Å². The van der Waals surface area contributed by atoms with Gasteiger partial charge in [-0.05, 0) is 38.0 Å². The number of carbonyl (C=O) groups excluding carboxylic acids is 1. The zero-order valence-electron chi connectivity index (χ0n) is 11.8. The average Bonchev–Trinajstić information content (AvgIpc) is 3.17. The van der Waals surface area contributed by atoms with Gasteiger partial charge in [0, 0.05) is 19.1 Å². The Morgan fingerprint density at radius 3 is 2.60 bits per heavy atom. The third kappa shape index (κ3) is 3.14. The molecule has 1 aliphatic heterocycles. The second-order valence-electron chi connectivity index (χ2n) is 6.71. The van der Waals surface area contributed by atoms with E-state index in [9.17, 15) is 9.59 Å². The van der Waals surface area contributed by atoms with Gasteiger partial charge < -0.3 is 15.2 Å². The van der Waals surface area contributed by atoms with Gasteiger partial charge in [0.05, 0.1) is 11.5 Å². The second kappa shape index (κ2) is 5.35. The first kappa shape index (κ1) is 13.9. The van der Waals surface area contributed by atoms with Crippen molar-refractivity contribution in [3.05, 3.63) is 0 Å². The van der Waals surface area contributed by atoms with Gasteiger partial charge >= 0.3 is 5.97 Å². The van der Waals surface area contributed by atoms with Gasteiger partial charge in [0.1, 0.15) is 0 Å². The number of aliphatic carboxylic acids is 1. The fraction of sp³-hybridized carbons (Fsp3) is 0.867. The maximum atomic E-state index is 11.9. The van der Waals surface area contributed by atoms with Crippen molar-refractivity contribution in [3.63, 3.8) is 0 Å². The van der Waals surface area contributed by atoms with E-state index < -0.39 is 5.97 Å². The van der Waals surface area contributed by atoms with Crippen LogP contribution in [0.15, 0.2) is 0 Å². The van der Waals surface area contributed by atoms with Crippen molar-refractivity contribution >= 4 is 11.9 Å². The molecule has 0 aromatic carbocycles. The summed E-state index contributed by atoms with van der Waals surface area (Å²) < 4.78 is 5.79. The van der Waals surface area contributed by atoms with Crippen LogP contribution in [-0.2, 0) is 14.3 Å². The molecule has 112 valence electrons. The molecular weight excluding hydrogens is 258 g/mol. The van der Waals surface area contributed by atoms with E-state index in [4.69, 9.17) is 9.84 Å². The lowest BCUT2D eigenvalue weighted by Crippen LogP contribution is -2.56. The van der Waals surface area contributed by atoms with Gasteiger partial charge in [-0.3, -0.25) is 9.59 Å². The quantitative estimate of drug-likeness (QED) is 0.804. The topological polar surface area (TPSA) is 75.6 Å². The van der Waals surface area contributed by atoms with Crippen molar-refractivity contribution in [2.24, 2.45) is 11.8 Å². The van der Waals surface area contributed by atoms with Crippen LogP contribution in [0.4, 0.5) is 0 Å². The highest BCUT2D eigenvalue weighted by atomic mass is 16.5. The third-order valence-corrected chi connectivity index (χ3v) is 4.92. The Kier molecular flexibility index (Phi) is 3.71. The van der Waals surface area contributed by atoms with E-state index in [1.807, 2.05) is 0 Å². The number of carbonyl (C=O) groups is 2. The number of amides is 1. The maximum absolute atomic E-state index is 11.9. The molecule has 2 N–H and O–H groups in total. The number of carboxylic acids is 1. The summed E-state index contributed by atoms with van der Waals surface area (Å²) in [5.41, 5.74) is -0.282. The van der Waals surface area contributed by atoms with Gasteiger partial charge in [0.15, 0.2) is 0 Å². The van der Waals surface area contributed by atoms with E-state index in [0.717, 1.165) is 25.2 Å². The molecule has 5 heteroatoms.